The van der Waals surface area contributed by atoms with Gasteiger partial charge in [-0.05, 0) is 13.8 Å². The van der Waals surface area contributed by atoms with Gasteiger partial charge in [0.1, 0.15) is 0 Å². The average Bonchev–Trinajstić information content (AvgIpc) is 1.69. The molecule has 0 rings (SSSR count). The maximum Gasteiger partial charge on any atom is 0.0470 e. The Morgan fingerprint density at radius 3 is 1.62 bits per heavy atom. The molecule has 0 unspecified atom stereocenters. The van der Waals surface area contributed by atoms with Gasteiger partial charge in [0.05, 0.1) is 0 Å². The van der Waals surface area contributed by atoms with Crippen LogP contribution in [0.2, 0.25) is 0 Å². The van der Waals surface area contributed by atoms with Gasteiger partial charge in [-0.2, -0.15) is 0 Å². The van der Waals surface area contributed by atoms with Crippen molar-refractivity contribution in [1.29, 1.82) is 0 Å². The van der Waals surface area contributed by atoms with Crippen LogP contribution in [0.25, 0.3) is 0 Å². The lowest BCUT2D eigenvalue weighted by Gasteiger charge is -2.21. The van der Waals surface area contributed by atoms with Crippen LogP contribution in [0.4, 0.5) is 0 Å². The van der Waals surface area contributed by atoms with E-state index in [2.05, 4.69) is 13.8 Å². The van der Waals surface area contributed by atoms with Crippen LogP contribution in [0, 0.1) is 0 Å². The maximum absolute atomic E-state index is 5.33. The van der Waals surface area contributed by atoms with Crippen LogP contribution in [0.15, 0.2) is 0 Å². The van der Waals surface area contributed by atoms with Gasteiger partial charge in [-0.1, -0.05) is 0 Å². The third kappa shape index (κ3) is 2.26. The van der Waals surface area contributed by atoms with E-state index in [9.17, 15) is 0 Å². The van der Waals surface area contributed by atoms with Crippen molar-refractivity contribution in [1.82, 2.24) is 4.90 Å². The fourth-order valence-electron chi connectivity index (χ4n) is 0.496. The molecular weight excluding hydrogens is 102 g/mol. The van der Waals surface area contributed by atoms with E-state index in [1.165, 1.54) is 0 Å². The lowest BCUT2D eigenvalue weighted by molar-refractivity contribution is 0.235. The molecule has 0 radical (unpaired) electrons. The van der Waals surface area contributed by atoms with E-state index in [-0.39, 0.29) is 0 Å². The summed E-state index contributed by atoms with van der Waals surface area (Å²) in [5.41, 5.74) is 10.7. The summed E-state index contributed by atoms with van der Waals surface area (Å²) < 4.78 is 0. The van der Waals surface area contributed by atoms with Gasteiger partial charge in [0, 0.05) is 19.4 Å². The minimum atomic E-state index is 0.463. The van der Waals surface area contributed by atoms with Crippen LogP contribution in [0.5, 0.6) is 0 Å². The van der Waals surface area contributed by atoms with E-state index in [0.29, 0.717) is 19.4 Å². The lowest BCUT2D eigenvalue weighted by Crippen LogP contribution is -2.39. The van der Waals surface area contributed by atoms with Crippen molar-refractivity contribution in [3.05, 3.63) is 0 Å². The molecule has 4 N–H and O–H groups in total. The largest absolute Gasteiger partial charge is 0.318 e. The highest BCUT2D eigenvalue weighted by Gasteiger charge is 2.01. The number of nitrogens with zero attached hydrogens (tertiary/aromatic N) is 1. The smallest absolute Gasteiger partial charge is 0.0470 e. The Morgan fingerprint density at radius 2 is 1.62 bits per heavy atom. The number of hydrogen-bond donors (Lipinski definition) is 2. The normalized spacial score (nSPS) is 11.2. The van der Waals surface area contributed by atoms with Gasteiger partial charge in [-0.15, -0.1) is 0 Å². The van der Waals surface area contributed by atoms with Crippen LogP contribution in [-0.2, 0) is 0 Å². The van der Waals surface area contributed by atoms with Gasteiger partial charge in [0.25, 0.3) is 0 Å². The van der Waals surface area contributed by atoms with Crippen molar-refractivity contribution in [3.8, 4) is 0 Å². The lowest BCUT2D eigenvalue weighted by atomic mass is 10.4. The first-order chi connectivity index (χ1) is 3.72. The quantitative estimate of drug-likeness (QED) is 0.491. The first-order valence-electron chi connectivity index (χ1n) is 2.86. The van der Waals surface area contributed by atoms with Crippen molar-refractivity contribution in [2.75, 3.05) is 13.3 Å². The molecule has 0 aliphatic carbocycles. The van der Waals surface area contributed by atoms with E-state index < -0.39 is 0 Å². The van der Waals surface area contributed by atoms with E-state index in [4.69, 9.17) is 11.5 Å². The van der Waals surface area contributed by atoms with Crippen LogP contribution in [0.1, 0.15) is 13.8 Å². The van der Waals surface area contributed by atoms with Gasteiger partial charge < -0.3 is 11.5 Å². The minimum Gasteiger partial charge on any atom is -0.318 e. The highest BCUT2D eigenvalue weighted by Crippen LogP contribution is 1.89. The molecule has 3 heteroatoms. The van der Waals surface area contributed by atoms with Crippen LogP contribution in [0.3, 0.4) is 0 Å². The summed E-state index contributed by atoms with van der Waals surface area (Å²) in [5, 5.41) is 0. The highest BCUT2D eigenvalue weighted by atomic mass is 15.2. The Labute approximate surface area is 50.6 Å². The summed E-state index contributed by atoms with van der Waals surface area (Å²) >= 11 is 0. The molecule has 50 valence electrons. The summed E-state index contributed by atoms with van der Waals surface area (Å²) in [6, 6.07) is 0.463. The zero-order chi connectivity index (χ0) is 6.57. The van der Waals surface area contributed by atoms with E-state index >= 15 is 0 Å². The topological polar surface area (TPSA) is 55.3 Å². The maximum atomic E-state index is 5.33. The average molecular weight is 117 g/mol. The van der Waals surface area contributed by atoms with Gasteiger partial charge in [0.2, 0.25) is 0 Å². The minimum absolute atomic E-state index is 0.463. The molecule has 0 aromatic heterocycles. The second-order valence-corrected chi connectivity index (χ2v) is 2.05. The highest BCUT2D eigenvalue weighted by molar-refractivity contribution is 4.54. The van der Waals surface area contributed by atoms with E-state index in [0.717, 1.165) is 0 Å². The number of rotatable bonds is 3. The second-order valence-electron chi connectivity index (χ2n) is 2.05. The standard InChI is InChI=1S/C5H15N3/c1-5(2)8(3-6)4-7/h5H,3-4,6-7H2,1-2H3. The molecule has 3 nitrogen and oxygen atoms in total. The second kappa shape index (κ2) is 3.83. The van der Waals surface area contributed by atoms with E-state index in [1.54, 1.807) is 0 Å². The molecule has 0 spiro atoms. The predicted octanol–water partition coefficient (Wildman–Crippen LogP) is -0.471. The fourth-order valence-corrected chi connectivity index (χ4v) is 0.496. The molecule has 0 fully saturated rings. The Hall–Kier alpha value is -0.120. The molecule has 0 aromatic carbocycles. The van der Waals surface area contributed by atoms with Crippen molar-refractivity contribution < 1.29 is 0 Å². The first kappa shape index (κ1) is 7.88. The Balaban J connectivity index is 3.35. The van der Waals surface area contributed by atoms with Crippen LogP contribution >= 0.6 is 0 Å². The molecule has 0 aliphatic rings. The summed E-state index contributed by atoms with van der Waals surface area (Å²) in [4.78, 5) is 1.97. The zero-order valence-electron chi connectivity index (χ0n) is 5.59. The Bertz CT molecular complexity index is 49.6. The third-order valence-corrected chi connectivity index (χ3v) is 1.20. The molecule has 0 aromatic rings. The Morgan fingerprint density at radius 1 is 1.25 bits per heavy atom. The molecule has 0 heterocycles. The van der Waals surface area contributed by atoms with Gasteiger partial charge >= 0.3 is 0 Å². The summed E-state index contributed by atoms with van der Waals surface area (Å²) in [7, 11) is 0. The van der Waals surface area contributed by atoms with E-state index in [1.807, 2.05) is 4.90 Å². The number of hydrogen-bond acceptors (Lipinski definition) is 3. The molecule has 0 saturated heterocycles. The first-order valence-corrected chi connectivity index (χ1v) is 2.86. The van der Waals surface area contributed by atoms with Crippen molar-refractivity contribution in [3.63, 3.8) is 0 Å². The van der Waals surface area contributed by atoms with Gasteiger partial charge in [-0.3, -0.25) is 4.90 Å². The fraction of sp³-hybridized carbons (Fsp3) is 1.00. The molecule has 8 heavy (non-hydrogen) atoms. The Kier molecular flexibility index (Phi) is 3.77. The van der Waals surface area contributed by atoms with Crippen LogP contribution in [-0.4, -0.2) is 24.3 Å². The third-order valence-electron chi connectivity index (χ3n) is 1.20. The van der Waals surface area contributed by atoms with Crippen molar-refractivity contribution >= 4 is 0 Å². The zero-order valence-corrected chi connectivity index (χ0v) is 5.59. The van der Waals surface area contributed by atoms with Gasteiger partial charge in [0.15, 0.2) is 0 Å². The number of nitrogens with two attached hydrogens (primary N) is 2. The summed E-state index contributed by atoms with van der Waals surface area (Å²) in [6.45, 7) is 5.24. The molecule has 0 saturated carbocycles. The van der Waals surface area contributed by atoms with Gasteiger partial charge in [-0.25, -0.2) is 0 Å². The molecule has 0 amide bonds. The predicted molar refractivity (Wildman–Crippen MR) is 35.1 cm³/mol. The van der Waals surface area contributed by atoms with Crippen LogP contribution < -0.4 is 11.5 Å². The van der Waals surface area contributed by atoms with Crippen molar-refractivity contribution in [2.45, 2.75) is 19.9 Å². The molecular formula is C5H15N3. The molecule has 0 aliphatic heterocycles. The summed E-state index contributed by atoms with van der Waals surface area (Å²) in [6.07, 6.45) is 0. The molecule has 0 bridgehead atoms. The molecule has 0 atom stereocenters. The SMILES string of the molecule is CC(C)N(CN)CN. The van der Waals surface area contributed by atoms with Crippen molar-refractivity contribution in [2.24, 2.45) is 11.5 Å². The summed E-state index contributed by atoms with van der Waals surface area (Å²) in [5.74, 6) is 0. The monoisotopic (exact) mass is 117 g/mol.